The number of aliphatic hydroxyl groups is 1. The summed E-state index contributed by atoms with van der Waals surface area (Å²) < 4.78 is 0. The van der Waals surface area contributed by atoms with Crippen molar-refractivity contribution >= 4 is 29.1 Å². The quantitative estimate of drug-likeness (QED) is 0.582. The minimum absolute atomic E-state index is 0.325. The molecule has 0 saturated carbocycles. The van der Waals surface area contributed by atoms with Crippen molar-refractivity contribution in [2.45, 2.75) is 10.9 Å². The second-order valence-electron chi connectivity index (χ2n) is 2.20. The lowest BCUT2D eigenvalue weighted by Crippen LogP contribution is -2.54. The van der Waals surface area contributed by atoms with Crippen molar-refractivity contribution in [3.05, 3.63) is 0 Å². The van der Waals surface area contributed by atoms with E-state index < -0.39 is 10.9 Å². The molecule has 58 valence electrons. The maximum absolute atomic E-state index is 10.8. The summed E-state index contributed by atoms with van der Waals surface area (Å²) >= 11 is 10.6. The summed E-state index contributed by atoms with van der Waals surface area (Å²) in [6.45, 7) is 0.712. The Morgan fingerprint density at radius 3 is 2.40 bits per heavy atom. The molecule has 0 unspecified atom stereocenters. The molecule has 1 N–H and O–H groups in total. The van der Waals surface area contributed by atoms with Crippen LogP contribution in [-0.2, 0) is 4.79 Å². The summed E-state index contributed by atoms with van der Waals surface area (Å²) in [4.78, 5) is 11.2. The Hall–Kier alpha value is 0.01000. The van der Waals surface area contributed by atoms with E-state index in [9.17, 15) is 4.79 Å². The summed E-state index contributed by atoms with van der Waals surface area (Å²) in [5, 5.41) is 8.77. The summed E-state index contributed by atoms with van der Waals surface area (Å²) in [5.74, 6) is -0.325. The topological polar surface area (TPSA) is 40.5 Å². The number of rotatable bonds is 1. The lowest BCUT2D eigenvalue weighted by atomic mass is 10.2. The monoisotopic (exact) mass is 183 g/mol. The molecule has 0 radical (unpaired) electrons. The Balaban J connectivity index is 2.31. The van der Waals surface area contributed by atoms with Crippen molar-refractivity contribution in [3.8, 4) is 0 Å². The van der Waals surface area contributed by atoms with Crippen LogP contribution in [0.3, 0.4) is 0 Å². The highest BCUT2D eigenvalue weighted by atomic mass is 35.5. The summed E-state index contributed by atoms with van der Waals surface area (Å²) in [5.41, 5.74) is 0. The van der Waals surface area contributed by atoms with Crippen LogP contribution in [0.25, 0.3) is 0 Å². The van der Waals surface area contributed by atoms with E-state index in [4.69, 9.17) is 28.3 Å². The predicted octanol–water partition coefficient (Wildman–Crippen LogP) is -0.00680. The van der Waals surface area contributed by atoms with Crippen molar-refractivity contribution < 1.29 is 9.90 Å². The molecule has 1 heterocycles. The average molecular weight is 184 g/mol. The van der Waals surface area contributed by atoms with Gasteiger partial charge in [-0.3, -0.25) is 4.79 Å². The molecule has 0 bridgehead atoms. The molecular formula is C5H7Cl2NO2. The number of aliphatic hydroxyl groups excluding tert-OH is 1. The molecule has 5 heteroatoms. The molecule has 1 amide bonds. The summed E-state index contributed by atoms with van der Waals surface area (Å²) in [6, 6.07) is 0. The molecule has 1 aliphatic heterocycles. The Morgan fingerprint density at radius 1 is 1.60 bits per heavy atom. The second kappa shape index (κ2) is 2.95. The highest BCUT2D eigenvalue weighted by Crippen LogP contribution is 2.13. The molecule has 1 rings (SSSR count). The molecule has 0 atom stereocenters. The maximum atomic E-state index is 10.8. The van der Waals surface area contributed by atoms with Crippen molar-refractivity contribution in [3.63, 3.8) is 0 Å². The lowest BCUT2D eigenvalue weighted by Gasteiger charge is -2.36. The molecule has 0 aromatic rings. The Bertz CT molecular complexity index is 145. The molecule has 0 aliphatic carbocycles. The smallest absolute Gasteiger partial charge is 0.256 e. The van der Waals surface area contributed by atoms with E-state index in [1.165, 1.54) is 4.90 Å². The molecule has 0 spiro atoms. The number of amides is 1. The number of alkyl halides is 2. The molecule has 1 fully saturated rings. The number of carbonyl (C=O) groups excluding carboxylic acids is 1. The van der Waals surface area contributed by atoms with Crippen LogP contribution in [-0.4, -0.2) is 39.9 Å². The van der Waals surface area contributed by atoms with Gasteiger partial charge < -0.3 is 10.0 Å². The number of likely N-dealkylation sites (tertiary alicyclic amines) is 1. The van der Waals surface area contributed by atoms with Crippen molar-refractivity contribution in [2.75, 3.05) is 13.1 Å². The van der Waals surface area contributed by atoms with Gasteiger partial charge in [0.15, 0.2) is 4.84 Å². The predicted molar refractivity (Wildman–Crippen MR) is 38.1 cm³/mol. The Labute approximate surface area is 68.5 Å². The van der Waals surface area contributed by atoms with Crippen LogP contribution in [0.2, 0.25) is 0 Å². The molecule has 1 aliphatic rings. The Morgan fingerprint density at radius 2 is 2.10 bits per heavy atom. The van der Waals surface area contributed by atoms with Gasteiger partial charge in [-0.15, -0.1) is 0 Å². The third-order valence-corrected chi connectivity index (χ3v) is 1.73. The van der Waals surface area contributed by atoms with Crippen LogP contribution < -0.4 is 0 Å². The zero-order chi connectivity index (χ0) is 7.72. The fourth-order valence-corrected chi connectivity index (χ4v) is 1.05. The normalized spacial score (nSPS) is 19.4. The minimum Gasteiger partial charge on any atom is -0.389 e. The fraction of sp³-hybridized carbons (Fsp3) is 0.800. The van der Waals surface area contributed by atoms with Crippen LogP contribution in [0, 0.1) is 0 Å². The van der Waals surface area contributed by atoms with Crippen LogP contribution in [0.15, 0.2) is 0 Å². The third-order valence-electron chi connectivity index (χ3n) is 1.36. The van der Waals surface area contributed by atoms with Gasteiger partial charge in [-0.1, -0.05) is 23.2 Å². The van der Waals surface area contributed by atoms with E-state index in [1.807, 2.05) is 0 Å². The summed E-state index contributed by atoms with van der Waals surface area (Å²) in [7, 11) is 0. The Kier molecular flexibility index (Phi) is 2.39. The number of hydrogen-bond acceptors (Lipinski definition) is 2. The van der Waals surface area contributed by atoms with Crippen LogP contribution in [0.1, 0.15) is 0 Å². The first-order valence-electron chi connectivity index (χ1n) is 2.86. The summed E-state index contributed by atoms with van der Waals surface area (Å²) in [6.07, 6.45) is -0.393. The van der Waals surface area contributed by atoms with Gasteiger partial charge in [-0.05, 0) is 0 Å². The van der Waals surface area contributed by atoms with Crippen molar-refractivity contribution in [1.82, 2.24) is 4.90 Å². The zero-order valence-electron chi connectivity index (χ0n) is 5.13. The van der Waals surface area contributed by atoms with Gasteiger partial charge in [-0.25, -0.2) is 0 Å². The SMILES string of the molecule is O=C(C(Cl)Cl)N1CC(O)C1. The number of halogens is 2. The molecule has 0 aromatic heterocycles. The van der Waals surface area contributed by atoms with Gasteiger partial charge in [-0.2, -0.15) is 0 Å². The van der Waals surface area contributed by atoms with E-state index in [2.05, 4.69) is 0 Å². The minimum atomic E-state index is -0.993. The van der Waals surface area contributed by atoms with Gasteiger partial charge >= 0.3 is 0 Å². The molecular weight excluding hydrogens is 177 g/mol. The van der Waals surface area contributed by atoms with Crippen molar-refractivity contribution in [1.29, 1.82) is 0 Å². The van der Waals surface area contributed by atoms with Crippen molar-refractivity contribution in [2.24, 2.45) is 0 Å². The highest BCUT2D eigenvalue weighted by molar-refractivity contribution is 6.53. The first kappa shape index (κ1) is 8.11. The number of hydrogen-bond donors (Lipinski definition) is 1. The van der Waals surface area contributed by atoms with Gasteiger partial charge in [0.05, 0.1) is 6.10 Å². The van der Waals surface area contributed by atoms with Gasteiger partial charge in [0.2, 0.25) is 0 Å². The highest BCUT2D eigenvalue weighted by Gasteiger charge is 2.31. The zero-order valence-corrected chi connectivity index (χ0v) is 6.64. The molecule has 1 saturated heterocycles. The van der Waals surface area contributed by atoms with Gasteiger partial charge in [0.25, 0.3) is 5.91 Å². The van der Waals surface area contributed by atoms with E-state index in [-0.39, 0.29) is 5.91 Å². The lowest BCUT2D eigenvalue weighted by molar-refractivity contribution is -0.139. The third kappa shape index (κ3) is 1.54. The standard InChI is InChI=1S/C5H7Cl2NO2/c6-4(7)5(10)8-1-3(9)2-8/h3-4,9H,1-2H2. The maximum Gasteiger partial charge on any atom is 0.256 e. The largest absolute Gasteiger partial charge is 0.389 e. The number of carbonyl (C=O) groups is 1. The number of β-amino-alcohol motifs (C(OH)–C–C–N with tert-alkyl or cyclic N) is 1. The van der Waals surface area contributed by atoms with Crippen LogP contribution in [0.4, 0.5) is 0 Å². The van der Waals surface area contributed by atoms with E-state index in [1.54, 1.807) is 0 Å². The van der Waals surface area contributed by atoms with E-state index >= 15 is 0 Å². The van der Waals surface area contributed by atoms with E-state index in [0.29, 0.717) is 13.1 Å². The first-order valence-corrected chi connectivity index (χ1v) is 3.73. The van der Waals surface area contributed by atoms with Crippen LogP contribution in [0.5, 0.6) is 0 Å². The van der Waals surface area contributed by atoms with Gasteiger partial charge in [0.1, 0.15) is 0 Å². The molecule has 10 heavy (non-hydrogen) atoms. The first-order chi connectivity index (χ1) is 4.61. The molecule has 3 nitrogen and oxygen atoms in total. The molecule has 0 aromatic carbocycles. The van der Waals surface area contributed by atoms with Crippen LogP contribution >= 0.6 is 23.2 Å². The second-order valence-corrected chi connectivity index (χ2v) is 3.29. The fourth-order valence-electron chi connectivity index (χ4n) is 0.773. The average Bonchev–Trinajstić information content (AvgIpc) is 1.79. The van der Waals surface area contributed by atoms with E-state index in [0.717, 1.165) is 0 Å². The number of nitrogens with zero attached hydrogens (tertiary/aromatic N) is 1. The van der Waals surface area contributed by atoms with Gasteiger partial charge in [0, 0.05) is 13.1 Å².